The number of carbonyl (C=O) groups excluding carboxylic acids is 2. The number of non-ortho nitro benzene ring substituents is 1. The number of hydrogen-bond donors (Lipinski definition) is 0. The number of carbonyl (C=O) groups is 2. The Kier molecular flexibility index (Phi) is 5.14. The molecule has 2 aliphatic rings. The van der Waals surface area contributed by atoms with Gasteiger partial charge in [-0.15, -0.1) is 0 Å². The molecule has 3 aromatic rings. The molecule has 184 valence electrons. The molecule has 0 radical (unpaired) electrons. The minimum Gasteiger partial charge on any atom is -0.304 e. The highest BCUT2D eigenvalue weighted by Gasteiger charge is 2.70. The van der Waals surface area contributed by atoms with Gasteiger partial charge < -0.3 is 4.90 Å². The van der Waals surface area contributed by atoms with Crippen molar-refractivity contribution in [3.8, 4) is 0 Å². The molecule has 2 heterocycles. The first kappa shape index (κ1) is 23.5. The molecule has 0 unspecified atom stereocenters. The molecule has 0 bridgehead atoms. The van der Waals surface area contributed by atoms with E-state index in [4.69, 9.17) is 0 Å². The number of hydrogen-bond acceptors (Lipinski definition) is 6. The van der Waals surface area contributed by atoms with Crippen molar-refractivity contribution in [3.05, 3.63) is 99.4 Å². The summed E-state index contributed by atoms with van der Waals surface area (Å²) in [6, 6.07) is 10.3. The van der Waals surface area contributed by atoms with E-state index in [9.17, 15) is 41.3 Å². The molecule has 0 aliphatic carbocycles. The van der Waals surface area contributed by atoms with E-state index in [1.807, 2.05) is 0 Å². The monoisotopic (exact) mass is 517 g/mol. The maximum Gasteiger partial charge on any atom is 0.274 e. The maximum atomic E-state index is 14.1. The molecular weight excluding hydrogens is 503 g/mol. The highest BCUT2D eigenvalue weighted by Crippen LogP contribution is 2.53. The van der Waals surface area contributed by atoms with Gasteiger partial charge in [-0.1, -0.05) is 12.1 Å². The van der Waals surface area contributed by atoms with Crippen LogP contribution in [-0.4, -0.2) is 30.9 Å². The van der Waals surface area contributed by atoms with E-state index < -0.39 is 66.0 Å². The fourth-order valence-electron chi connectivity index (χ4n) is 4.59. The van der Waals surface area contributed by atoms with Gasteiger partial charge in [0.25, 0.3) is 16.5 Å². The van der Waals surface area contributed by atoms with Crippen LogP contribution in [0, 0.1) is 27.6 Å². The normalized spacial score (nSPS) is 20.3. The van der Waals surface area contributed by atoms with Crippen LogP contribution < -0.4 is 9.80 Å². The lowest BCUT2D eigenvalue weighted by atomic mass is 10.0. The largest absolute Gasteiger partial charge is 0.304 e. The van der Waals surface area contributed by atoms with E-state index in [2.05, 4.69) is 0 Å². The Morgan fingerprint density at radius 1 is 0.944 bits per heavy atom. The van der Waals surface area contributed by atoms with Crippen LogP contribution in [0.2, 0.25) is 0 Å². The van der Waals surface area contributed by atoms with Gasteiger partial charge in [0.15, 0.2) is 21.5 Å². The van der Waals surface area contributed by atoms with E-state index >= 15 is 0 Å². The average molecular weight is 517 g/mol. The molecule has 3 aromatic carbocycles. The molecule has 13 heteroatoms. The number of sulfone groups is 1. The number of anilines is 2. The number of nitrogens with zero attached hydrogens (tertiary/aromatic N) is 3. The van der Waals surface area contributed by atoms with Crippen molar-refractivity contribution >= 4 is 38.7 Å². The second kappa shape index (κ2) is 7.88. The Labute approximate surface area is 201 Å². The van der Waals surface area contributed by atoms with Crippen LogP contribution in [0.15, 0.2) is 60.7 Å². The van der Waals surface area contributed by atoms with Crippen molar-refractivity contribution < 1.29 is 36.1 Å². The predicted molar refractivity (Wildman–Crippen MR) is 120 cm³/mol. The van der Waals surface area contributed by atoms with E-state index in [-0.39, 0.29) is 17.8 Å². The highest BCUT2D eigenvalue weighted by molar-refractivity contribution is 7.94. The van der Waals surface area contributed by atoms with Gasteiger partial charge in [-0.2, -0.15) is 0 Å². The number of rotatable bonds is 4. The molecular formula is C23H14F3N3O6S. The van der Waals surface area contributed by atoms with Gasteiger partial charge in [0.05, 0.1) is 17.2 Å². The summed E-state index contributed by atoms with van der Waals surface area (Å²) in [5.74, 6) is -6.60. The first-order chi connectivity index (χ1) is 17.0. The summed E-state index contributed by atoms with van der Waals surface area (Å²) in [6.45, 7) is -0.263. The summed E-state index contributed by atoms with van der Waals surface area (Å²) >= 11 is 0. The van der Waals surface area contributed by atoms with E-state index in [1.54, 1.807) is 0 Å². The smallest absolute Gasteiger partial charge is 0.274 e. The fourth-order valence-corrected chi connectivity index (χ4v) is 6.62. The summed E-state index contributed by atoms with van der Waals surface area (Å²) in [5, 5.41) is 11.5. The maximum absolute atomic E-state index is 14.1. The van der Waals surface area contributed by atoms with Gasteiger partial charge in [-0.25, -0.2) is 21.6 Å². The van der Waals surface area contributed by atoms with Crippen LogP contribution in [-0.2, 0) is 30.8 Å². The number of halogens is 3. The quantitative estimate of drug-likeness (QED) is 0.388. The van der Waals surface area contributed by atoms with E-state index in [1.165, 1.54) is 18.2 Å². The van der Waals surface area contributed by atoms with Gasteiger partial charge in [0, 0.05) is 29.4 Å². The van der Waals surface area contributed by atoms with Crippen molar-refractivity contribution in [1.82, 2.24) is 0 Å². The second-order valence-corrected chi connectivity index (χ2v) is 10.3. The van der Waals surface area contributed by atoms with Crippen LogP contribution >= 0.6 is 0 Å². The molecule has 0 saturated carbocycles. The molecule has 36 heavy (non-hydrogen) atoms. The Hall–Kier alpha value is -4.26. The van der Waals surface area contributed by atoms with Crippen LogP contribution in [0.1, 0.15) is 11.1 Å². The molecule has 9 nitrogen and oxygen atoms in total. The SMILES string of the molecule is O=C1CS(=O)(=O)[C@]2(C(=O)N(Cc3ccc(F)cc3)c3ccc([N+](=O)[O-])cc32)N1c1ccc(F)c(F)c1. The van der Waals surface area contributed by atoms with Crippen molar-refractivity contribution in [2.75, 3.05) is 15.6 Å². The van der Waals surface area contributed by atoms with Crippen LogP contribution in [0.25, 0.3) is 0 Å². The zero-order chi connectivity index (χ0) is 26.0. The molecule has 1 atom stereocenters. The Balaban J connectivity index is 1.79. The van der Waals surface area contributed by atoms with Crippen molar-refractivity contribution in [3.63, 3.8) is 0 Å². The third kappa shape index (κ3) is 3.19. The lowest BCUT2D eigenvalue weighted by Crippen LogP contribution is -2.54. The van der Waals surface area contributed by atoms with Crippen molar-refractivity contribution in [1.29, 1.82) is 0 Å². The second-order valence-electron chi connectivity index (χ2n) is 8.21. The molecule has 0 N–H and O–H groups in total. The minimum absolute atomic E-state index is 0.0409. The molecule has 2 aliphatic heterocycles. The molecule has 0 aromatic heterocycles. The Morgan fingerprint density at radius 3 is 2.28 bits per heavy atom. The summed E-state index contributed by atoms with van der Waals surface area (Å²) in [5.41, 5.74) is -0.994. The van der Waals surface area contributed by atoms with Gasteiger partial charge >= 0.3 is 0 Å². The zero-order valence-electron chi connectivity index (χ0n) is 18.0. The van der Waals surface area contributed by atoms with E-state index in [0.717, 1.165) is 35.2 Å². The number of amides is 2. The molecule has 1 saturated heterocycles. The molecule has 2 amide bonds. The van der Waals surface area contributed by atoms with Gasteiger partial charge in [-0.3, -0.25) is 24.6 Å². The third-order valence-electron chi connectivity index (χ3n) is 6.13. The minimum atomic E-state index is -4.71. The van der Waals surface area contributed by atoms with Crippen molar-refractivity contribution in [2.24, 2.45) is 0 Å². The lowest BCUT2D eigenvalue weighted by Gasteiger charge is -2.32. The lowest BCUT2D eigenvalue weighted by molar-refractivity contribution is -0.384. The Morgan fingerprint density at radius 2 is 1.64 bits per heavy atom. The third-order valence-corrected chi connectivity index (χ3v) is 8.23. The van der Waals surface area contributed by atoms with Gasteiger partial charge in [0.2, 0.25) is 5.91 Å². The summed E-state index contributed by atoms with van der Waals surface area (Å²) in [6.07, 6.45) is 0. The first-order valence-corrected chi connectivity index (χ1v) is 12.0. The average Bonchev–Trinajstić information content (AvgIpc) is 3.19. The zero-order valence-corrected chi connectivity index (χ0v) is 18.8. The molecule has 1 spiro atoms. The van der Waals surface area contributed by atoms with E-state index in [0.29, 0.717) is 22.6 Å². The fraction of sp³-hybridized carbons (Fsp3) is 0.130. The van der Waals surface area contributed by atoms with Crippen LogP contribution in [0.3, 0.4) is 0 Å². The first-order valence-electron chi connectivity index (χ1n) is 10.3. The number of nitro benzene ring substituents is 1. The molecule has 5 rings (SSSR count). The Bertz CT molecular complexity index is 1580. The summed E-state index contributed by atoms with van der Waals surface area (Å²) < 4.78 is 68.2. The van der Waals surface area contributed by atoms with Crippen molar-refractivity contribution in [2.45, 2.75) is 11.4 Å². The standard InChI is InChI=1S/C23H14F3N3O6S/c24-14-3-1-13(2-4-14)11-27-20-8-6-16(29(32)33)9-17(20)23(22(27)31)28(21(30)12-36(23,34)35)15-5-7-18(25)19(26)10-15/h1-10H,11-12H2/t23-/m1/s1. The topological polar surface area (TPSA) is 118 Å². The van der Waals surface area contributed by atoms with Crippen LogP contribution in [0.4, 0.5) is 30.2 Å². The highest BCUT2D eigenvalue weighted by atomic mass is 32.2. The summed E-state index contributed by atoms with van der Waals surface area (Å²) in [4.78, 5) is 36.4. The number of fused-ring (bicyclic) bond motifs is 2. The van der Waals surface area contributed by atoms with Crippen LogP contribution in [0.5, 0.6) is 0 Å². The number of nitro groups is 1. The molecule has 1 fully saturated rings. The predicted octanol–water partition coefficient (Wildman–Crippen LogP) is 3.17. The number of benzene rings is 3. The van der Waals surface area contributed by atoms with Gasteiger partial charge in [-0.05, 0) is 35.9 Å². The summed E-state index contributed by atoms with van der Waals surface area (Å²) in [7, 11) is -4.71. The van der Waals surface area contributed by atoms with Gasteiger partial charge in [0.1, 0.15) is 11.6 Å².